The molecule has 0 saturated carbocycles. The Bertz CT molecular complexity index is 435. The summed E-state index contributed by atoms with van der Waals surface area (Å²) >= 11 is 1.64. The Labute approximate surface area is 117 Å². The van der Waals surface area contributed by atoms with E-state index in [9.17, 15) is 9.90 Å². The number of aliphatic hydroxyl groups excluding tert-OH is 1. The van der Waals surface area contributed by atoms with Gasteiger partial charge in [-0.1, -0.05) is 6.92 Å². The van der Waals surface area contributed by atoms with Crippen molar-refractivity contribution in [1.29, 1.82) is 0 Å². The van der Waals surface area contributed by atoms with Crippen LogP contribution in [0.5, 0.6) is 0 Å². The fourth-order valence-electron chi connectivity index (χ4n) is 2.31. The zero-order chi connectivity index (χ0) is 13.8. The normalized spacial score (nSPS) is 20.6. The van der Waals surface area contributed by atoms with Crippen molar-refractivity contribution in [3.05, 3.63) is 16.1 Å². The monoisotopic (exact) mass is 283 g/mol. The molecule has 6 heteroatoms. The van der Waals surface area contributed by atoms with Crippen LogP contribution in [0.15, 0.2) is 6.20 Å². The molecular weight excluding hydrogens is 262 g/mol. The third-order valence-corrected chi connectivity index (χ3v) is 4.80. The average molecular weight is 283 g/mol. The Kier molecular flexibility index (Phi) is 4.76. The molecule has 0 aromatic carbocycles. The number of urea groups is 1. The predicted molar refractivity (Wildman–Crippen MR) is 75.3 cm³/mol. The standard InChI is InChI=1S/C13H21N3O2S/c1-3-11-7-14-12(19-11)9(2)15-13(18)16-6-4-5-10(16)8-17/h7,9-10,17H,3-6,8H2,1-2H3,(H,15,18)/t9?,10-/m0/s1. The van der Waals surface area contributed by atoms with Gasteiger partial charge in [0.15, 0.2) is 0 Å². The first-order valence-corrected chi connectivity index (χ1v) is 7.60. The number of thiazole rings is 1. The highest BCUT2D eigenvalue weighted by Crippen LogP contribution is 2.22. The summed E-state index contributed by atoms with van der Waals surface area (Å²) in [5.41, 5.74) is 0. The van der Waals surface area contributed by atoms with Gasteiger partial charge in [0.2, 0.25) is 0 Å². The van der Waals surface area contributed by atoms with Gasteiger partial charge in [-0.2, -0.15) is 0 Å². The minimum atomic E-state index is -0.0997. The van der Waals surface area contributed by atoms with Crippen LogP contribution in [0.25, 0.3) is 0 Å². The highest BCUT2D eigenvalue weighted by molar-refractivity contribution is 7.11. The third-order valence-electron chi connectivity index (χ3n) is 3.48. The number of hydrogen-bond donors (Lipinski definition) is 2. The number of aromatic nitrogens is 1. The van der Waals surface area contributed by atoms with Crippen LogP contribution >= 0.6 is 11.3 Å². The Morgan fingerprint density at radius 3 is 3.16 bits per heavy atom. The lowest BCUT2D eigenvalue weighted by Crippen LogP contribution is -2.44. The lowest BCUT2D eigenvalue weighted by Gasteiger charge is -2.25. The lowest BCUT2D eigenvalue weighted by atomic mass is 10.2. The molecule has 2 amide bonds. The summed E-state index contributed by atoms with van der Waals surface area (Å²) in [6.07, 6.45) is 4.69. The Morgan fingerprint density at radius 2 is 2.53 bits per heavy atom. The largest absolute Gasteiger partial charge is 0.394 e. The van der Waals surface area contributed by atoms with Crippen LogP contribution in [0.3, 0.4) is 0 Å². The molecule has 2 atom stereocenters. The van der Waals surface area contributed by atoms with Gasteiger partial charge in [0.1, 0.15) is 5.01 Å². The van der Waals surface area contributed by atoms with Crippen LogP contribution < -0.4 is 5.32 Å². The van der Waals surface area contributed by atoms with E-state index in [0.29, 0.717) is 0 Å². The van der Waals surface area contributed by atoms with Gasteiger partial charge >= 0.3 is 6.03 Å². The summed E-state index contributed by atoms with van der Waals surface area (Å²) in [6.45, 7) is 4.80. The number of carbonyl (C=O) groups excluding carboxylic acids is 1. The molecule has 2 heterocycles. The van der Waals surface area contributed by atoms with Crippen molar-refractivity contribution in [2.75, 3.05) is 13.2 Å². The minimum absolute atomic E-state index is 0.0327. The molecule has 0 radical (unpaired) electrons. The second-order valence-corrected chi connectivity index (χ2v) is 6.01. The maximum atomic E-state index is 12.2. The molecule has 1 aromatic rings. The number of likely N-dealkylation sites (tertiary alicyclic amines) is 1. The molecule has 1 unspecified atom stereocenters. The molecule has 1 saturated heterocycles. The van der Waals surface area contributed by atoms with Crippen molar-refractivity contribution >= 4 is 17.4 Å². The zero-order valence-electron chi connectivity index (χ0n) is 11.4. The van der Waals surface area contributed by atoms with Crippen molar-refractivity contribution in [1.82, 2.24) is 15.2 Å². The molecular formula is C13H21N3O2S. The molecule has 1 aliphatic rings. The molecule has 1 aromatic heterocycles. The van der Waals surface area contributed by atoms with E-state index in [1.165, 1.54) is 4.88 Å². The molecule has 106 valence electrons. The van der Waals surface area contributed by atoms with Gasteiger partial charge in [0, 0.05) is 17.6 Å². The minimum Gasteiger partial charge on any atom is -0.394 e. The van der Waals surface area contributed by atoms with Crippen LogP contribution in [0.4, 0.5) is 4.79 Å². The molecule has 1 aliphatic heterocycles. The van der Waals surface area contributed by atoms with Crippen molar-refractivity contribution in [3.63, 3.8) is 0 Å². The topological polar surface area (TPSA) is 65.5 Å². The highest BCUT2D eigenvalue weighted by atomic mass is 32.1. The fourth-order valence-corrected chi connectivity index (χ4v) is 3.17. The van der Waals surface area contributed by atoms with Crippen molar-refractivity contribution in [2.45, 2.75) is 45.2 Å². The van der Waals surface area contributed by atoms with Gasteiger partial charge in [0.25, 0.3) is 0 Å². The number of rotatable bonds is 4. The Balaban J connectivity index is 1.94. The molecule has 1 fully saturated rings. The fraction of sp³-hybridized carbons (Fsp3) is 0.692. The first-order valence-electron chi connectivity index (χ1n) is 6.78. The van der Waals surface area contributed by atoms with Crippen LogP contribution in [-0.2, 0) is 6.42 Å². The number of aryl methyl sites for hydroxylation is 1. The zero-order valence-corrected chi connectivity index (χ0v) is 12.2. The van der Waals surface area contributed by atoms with E-state index in [0.717, 1.165) is 30.8 Å². The van der Waals surface area contributed by atoms with Gasteiger partial charge in [-0.05, 0) is 26.2 Å². The van der Waals surface area contributed by atoms with Crippen molar-refractivity contribution in [3.8, 4) is 0 Å². The van der Waals surface area contributed by atoms with E-state index >= 15 is 0 Å². The maximum absolute atomic E-state index is 12.2. The number of amides is 2. The number of aliphatic hydroxyl groups is 1. The van der Waals surface area contributed by atoms with Gasteiger partial charge in [0.05, 0.1) is 18.7 Å². The van der Waals surface area contributed by atoms with Crippen LogP contribution in [0.1, 0.15) is 42.6 Å². The van der Waals surface area contributed by atoms with Gasteiger partial charge in [-0.3, -0.25) is 0 Å². The third kappa shape index (κ3) is 3.25. The molecule has 2 rings (SSSR count). The summed E-state index contributed by atoms with van der Waals surface area (Å²) in [6, 6.07) is -0.218. The summed E-state index contributed by atoms with van der Waals surface area (Å²) in [7, 11) is 0. The van der Waals surface area contributed by atoms with Crippen LogP contribution in [0.2, 0.25) is 0 Å². The first kappa shape index (κ1) is 14.3. The lowest BCUT2D eigenvalue weighted by molar-refractivity contribution is 0.155. The molecule has 0 aliphatic carbocycles. The predicted octanol–water partition coefficient (Wildman–Crippen LogP) is 1.93. The van der Waals surface area contributed by atoms with Crippen molar-refractivity contribution < 1.29 is 9.90 Å². The molecule has 5 nitrogen and oxygen atoms in total. The van der Waals surface area contributed by atoms with E-state index in [4.69, 9.17) is 0 Å². The van der Waals surface area contributed by atoms with Crippen LogP contribution in [-0.4, -0.2) is 40.2 Å². The van der Waals surface area contributed by atoms with E-state index in [2.05, 4.69) is 17.2 Å². The molecule has 0 spiro atoms. The van der Waals surface area contributed by atoms with E-state index in [-0.39, 0.29) is 24.7 Å². The first-order chi connectivity index (χ1) is 9.15. The SMILES string of the molecule is CCc1cnc(C(C)NC(=O)N2CCC[C@H]2CO)s1. The number of hydrogen-bond acceptors (Lipinski definition) is 4. The summed E-state index contributed by atoms with van der Waals surface area (Å²) < 4.78 is 0. The maximum Gasteiger partial charge on any atom is 0.318 e. The number of nitrogens with one attached hydrogen (secondary N) is 1. The highest BCUT2D eigenvalue weighted by Gasteiger charge is 2.29. The molecule has 2 N–H and O–H groups in total. The quantitative estimate of drug-likeness (QED) is 0.887. The summed E-state index contributed by atoms with van der Waals surface area (Å²) in [5, 5.41) is 13.1. The van der Waals surface area contributed by atoms with Crippen LogP contribution in [0, 0.1) is 0 Å². The average Bonchev–Trinajstić information content (AvgIpc) is 3.07. The molecule has 19 heavy (non-hydrogen) atoms. The smallest absolute Gasteiger partial charge is 0.318 e. The molecule has 0 bridgehead atoms. The summed E-state index contributed by atoms with van der Waals surface area (Å²) in [5.74, 6) is 0. The second kappa shape index (κ2) is 6.34. The van der Waals surface area contributed by atoms with Crippen molar-refractivity contribution in [2.24, 2.45) is 0 Å². The van der Waals surface area contributed by atoms with Gasteiger partial charge in [-0.25, -0.2) is 9.78 Å². The Hall–Kier alpha value is -1.14. The van der Waals surface area contributed by atoms with E-state index < -0.39 is 0 Å². The van der Waals surface area contributed by atoms with E-state index in [1.54, 1.807) is 16.2 Å². The van der Waals surface area contributed by atoms with Gasteiger partial charge in [-0.15, -0.1) is 11.3 Å². The number of nitrogens with zero attached hydrogens (tertiary/aromatic N) is 2. The second-order valence-electron chi connectivity index (χ2n) is 4.86. The van der Waals surface area contributed by atoms with Gasteiger partial charge < -0.3 is 15.3 Å². The Morgan fingerprint density at radius 1 is 1.74 bits per heavy atom. The van der Waals surface area contributed by atoms with E-state index in [1.807, 2.05) is 13.1 Å². The summed E-state index contributed by atoms with van der Waals surface area (Å²) in [4.78, 5) is 19.5. The number of carbonyl (C=O) groups is 1.